The Kier molecular flexibility index (Phi) is 4.02. The summed E-state index contributed by atoms with van der Waals surface area (Å²) in [5.41, 5.74) is 6.32. The van der Waals surface area contributed by atoms with Crippen molar-refractivity contribution in [2.24, 2.45) is 0 Å². The van der Waals surface area contributed by atoms with Crippen LogP contribution in [0.4, 0.5) is 5.69 Å². The van der Waals surface area contributed by atoms with E-state index in [1.165, 1.54) is 12.8 Å². The summed E-state index contributed by atoms with van der Waals surface area (Å²) in [5.74, 6) is 0.601. The van der Waals surface area contributed by atoms with Gasteiger partial charge in [-0.15, -0.1) is 0 Å². The third kappa shape index (κ3) is 3.41. The highest BCUT2D eigenvalue weighted by Crippen LogP contribution is 2.32. The molecule has 5 heteroatoms. The van der Waals surface area contributed by atoms with Crippen LogP contribution in [0, 0.1) is 0 Å². The maximum atomic E-state index is 5.91. The highest BCUT2D eigenvalue weighted by Gasteiger charge is 2.25. The summed E-state index contributed by atoms with van der Waals surface area (Å²) in [6.45, 7) is 1.50. The van der Waals surface area contributed by atoms with Crippen LogP contribution in [-0.2, 0) is 0 Å². The first-order chi connectivity index (χ1) is 8.08. The molecule has 0 unspecified atom stereocenters. The molecule has 0 atom stereocenters. The third-order valence-corrected chi connectivity index (χ3v) is 3.65. The molecular formula is C12H16Cl2N2O. The maximum Gasteiger partial charge on any atom is 0.143 e. The zero-order valence-corrected chi connectivity index (χ0v) is 11.3. The number of likely N-dealkylation sites (N-methyl/N-ethyl adjacent to an activating group) is 1. The molecule has 94 valence electrons. The Morgan fingerprint density at radius 2 is 2.00 bits per heavy atom. The molecule has 0 heterocycles. The fourth-order valence-corrected chi connectivity index (χ4v) is 1.99. The molecular weight excluding hydrogens is 259 g/mol. The summed E-state index contributed by atoms with van der Waals surface area (Å²) < 4.78 is 5.61. The molecule has 1 aromatic rings. The number of nitrogens with zero attached hydrogens (tertiary/aromatic N) is 1. The van der Waals surface area contributed by atoms with Crippen LogP contribution in [-0.4, -0.2) is 31.1 Å². The summed E-state index contributed by atoms with van der Waals surface area (Å²) in [4.78, 5) is 2.30. The van der Waals surface area contributed by atoms with Crippen molar-refractivity contribution >= 4 is 28.9 Å². The van der Waals surface area contributed by atoms with Gasteiger partial charge in [0.05, 0.1) is 15.7 Å². The maximum absolute atomic E-state index is 5.91. The molecule has 1 saturated carbocycles. The van der Waals surface area contributed by atoms with Crippen molar-refractivity contribution in [3.8, 4) is 5.75 Å². The monoisotopic (exact) mass is 274 g/mol. The molecule has 2 N–H and O–H groups in total. The largest absolute Gasteiger partial charge is 0.490 e. The second-order valence-electron chi connectivity index (χ2n) is 4.36. The number of hydrogen-bond acceptors (Lipinski definition) is 3. The zero-order valence-electron chi connectivity index (χ0n) is 9.75. The molecule has 1 aliphatic carbocycles. The Hall–Kier alpha value is -0.640. The molecule has 0 bridgehead atoms. The number of anilines is 1. The summed E-state index contributed by atoms with van der Waals surface area (Å²) in [6.07, 6.45) is 2.59. The molecule has 0 aliphatic heterocycles. The first kappa shape index (κ1) is 12.8. The Morgan fingerprint density at radius 1 is 1.35 bits per heavy atom. The van der Waals surface area contributed by atoms with Gasteiger partial charge in [0.2, 0.25) is 0 Å². The van der Waals surface area contributed by atoms with Gasteiger partial charge in [0.1, 0.15) is 12.4 Å². The Balaban J connectivity index is 1.87. The minimum Gasteiger partial charge on any atom is -0.490 e. The SMILES string of the molecule is CN(CCOc1cc(Cl)c(Cl)cc1N)C1CC1. The molecule has 3 nitrogen and oxygen atoms in total. The summed E-state index contributed by atoms with van der Waals surface area (Å²) in [5, 5.41) is 0.915. The zero-order chi connectivity index (χ0) is 12.4. The molecule has 2 rings (SSSR count). The Labute approximate surface area is 111 Å². The van der Waals surface area contributed by atoms with E-state index in [4.69, 9.17) is 33.7 Å². The van der Waals surface area contributed by atoms with Crippen molar-refractivity contribution in [3.63, 3.8) is 0 Å². The van der Waals surface area contributed by atoms with E-state index in [0.29, 0.717) is 28.1 Å². The minimum absolute atomic E-state index is 0.451. The number of halogens is 2. The van der Waals surface area contributed by atoms with Crippen LogP contribution >= 0.6 is 23.2 Å². The van der Waals surface area contributed by atoms with Gasteiger partial charge in [0, 0.05) is 18.7 Å². The van der Waals surface area contributed by atoms with E-state index in [1.54, 1.807) is 12.1 Å². The summed E-state index contributed by atoms with van der Waals surface area (Å²) in [6, 6.07) is 4.02. The number of rotatable bonds is 5. The predicted octanol–water partition coefficient (Wildman–Crippen LogP) is 3.05. The average Bonchev–Trinajstić information content (AvgIpc) is 3.09. The highest BCUT2D eigenvalue weighted by atomic mass is 35.5. The van der Waals surface area contributed by atoms with Gasteiger partial charge in [0.25, 0.3) is 0 Å². The number of hydrogen-bond donors (Lipinski definition) is 1. The molecule has 17 heavy (non-hydrogen) atoms. The van der Waals surface area contributed by atoms with Gasteiger partial charge < -0.3 is 15.4 Å². The van der Waals surface area contributed by atoms with Crippen LogP contribution in [0.25, 0.3) is 0 Å². The van der Waals surface area contributed by atoms with Gasteiger partial charge in [-0.3, -0.25) is 0 Å². The Morgan fingerprint density at radius 3 is 2.65 bits per heavy atom. The fraction of sp³-hybridized carbons (Fsp3) is 0.500. The number of nitrogen functional groups attached to an aromatic ring is 1. The van der Waals surface area contributed by atoms with Gasteiger partial charge in [0.15, 0.2) is 0 Å². The van der Waals surface area contributed by atoms with Gasteiger partial charge in [-0.1, -0.05) is 23.2 Å². The number of nitrogens with two attached hydrogens (primary N) is 1. The van der Waals surface area contributed by atoms with Crippen LogP contribution in [0.3, 0.4) is 0 Å². The highest BCUT2D eigenvalue weighted by molar-refractivity contribution is 6.42. The first-order valence-corrected chi connectivity index (χ1v) is 6.41. The first-order valence-electron chi connectivity index (χ1n) is 5.65. The van der Waals surface area contributed by atoms with Crippen molar-refractivity contribution in [1.29, 1.82) is 0 Å². The van der Waals surface area contributed by atoms with Gasteiger partial charge in [-0.2, -0.15) is 0 Å². The molecule has 1 fully saturated rings. The van der Waals surface area contributed by atoms with E-state index in [-0.39, 0.29) is 0 Å². The van der Waals surface area contributed by atoms with Crippen LogP contribution in [0.2, 0.25) is 10.0 Å². The lowest BCUT2D eigenvalue weighted by Crippen LogP contribution is -2.26. The number of ether oxygens (including phenoxy) is 1. The molecule has 1 aliphatic rings. The van der Waals surface area contributed by atoms with Crippen molar-refractivity contribution in [3.05, 3.63) is 22.2 Å². The van der Waals surface area contributed by atoms with E-state index in [2.05, 4.69) is 11.9 Å². The molecule has 0 amide bonds. The van der Waals surface area contributed by atoms with Crippen molar-refractivity contribution in [1.82, 2.24) is 4.90 Å². The Bertz CT molecular complexity index is 408. The number of benzene rings is 1. The van der Waals surface area contributed by atoms with Crippen LogP contribution in [0.1, 0.15) is 12.8 Å². The van der Waals surface area contributed by atoms with Crippen LogP contribution < -0.4 is 10.5 Å². The fourth-order valence-electron chi connectivity index (χ4n) is 1.67. The quantitative estimate of drug-likeness (QED) is 0.839. The van der Waals surface area contributed by atoms with Crippen LogP contribution in [0.15, 0.2) is 12.1 Å². The van der Waals surface area contributed by atoms with E-state index >= 15 is 0 Å². The molecule has 0 aromatic heterocycles. The van der Waals surface area contributed by atoms with E-state index in [1.807, 2.05) is 0 Å². The standard InChI is InChI=1S/C12H16Cl2N2O/c1-16(8-2-3-8)4-5-17-12-7-10(14)9(13)6-11(12)15/h6-8H,2-5,15H2,1H3. The molecule has 0 radical (unpaired) electrons. The lowest BCUT2D eigenvalue weighted by molar-refractivity contribution is 0.232. The van der Waals surface area contributed by atoms with Gasteiger partial charge in [-0.05, 0) is 26.0 Å². The topological polar surface area (TPSA) is 38.5 Å². The predicted molar refractivity (Wildman–Crippen MR) is 72.0 cm³/mol. The third-order valence-electron chi connectivity index (χ3n) is 2.92. The van der Waals surface area contributed by atoms with Crippen molar-refractivity contribution in [2.45, 2.75) is 18.9 Å². The van der Waals surface area contributed by atoms with Crippen LogP contribution in [0.5, 0.6) is 5.75 Å². The molecule has 0 spiro atoms. The normalized spacial score (nSPS) is 15.3. The van der Waals surface area contributed by atoms with Gasteiger partial charge >= 0.3 is 0 Å². The summed E-state index contributed by atoms with van der Waals surface area (Å²) >= 11 is 11.8. The van der Waals surface area contributed by atoms with Gasteiger partial charge in [-0.25, -0.2) is 0 Å². The lowest BCUT2D eigenvalue weighted by Gasteiger charge is -2.16. The van der Waals surface area contributed by atoms with E-state index in [9.17, 15) is 0 Å². The van der Waals surface area contributed by atoms with E-state index in [0.717, 1.165) is 12.6 Å². The lowest BCUT2D eigenvalue weighted by atomic mass is 10.3. The second-order valence-corrected chi connectivity index (χ2v) is 5.18. The average molecular weight is 275 g/mol. The molecule has 0 saturated heterocycles. The van der Waals surface area contributed by atoms with Crippen molar-refractivity contribution in [2.75, 3.05) is 25.9 Å². The molecule has 1 aromatic carbocycles. The second kappa shape index (κ2) is 5.34. The summed E-state index contributed by atoms with van der Waals surface area (Å²) in [7, 11) is 2.11. The van der Waals surface area contributed by atoms with E-state index < -0.39 is 0 Å². The minimum atomic E-state index is 0.451. The van der Waals surface area contributed by atoms with Crippen molar-refractivity contribution < 1.29 is 4.74 Å². The smallest absolute Gasteiger partial charge is 0.143 e.